The molecule has 2 amide bonds. The van der Waals surface area contributed by atoms with Gasteiger partial charge in [-0.2, -0.15) is 0 Å². The van der Waals surface area contributed by atoms with E-state index in [1.165, 1.54) is 19.1 Å². The largest absolute Gasteiger partial charge is 0.483 e. The van der Waals surface area contributed by atoms with Gasteiger partial charge in [0.05, 0.1) is 9.13 Å². The third kappa shape index (κ3) is 5.12. The fourth-order valence-electron chi connectivity index (χ4n) is 1.08. The molecule has 0 aliphatic heterocycles. The fraction of sp³-hybridized carbons (Fsp3) is 0.182. The van der Waals surface area contributed by atoms with Crippen LogP contribution in [0.15, 0.2) is 18.2 Å². The van der Waals surface area contributed by atoms with Gasteiger partial charge in [-0.1, -0.05) is 0 Å². The van der Waals surface area contributed by atoms with E-state index < -0.39 is 17.8 Å². The molecule has 0 unspecified atom stereocenters. The molecule has 1 aromatic carbocycles. The van der Waals surface area contributed by atoms with Gasteiger partial charge in [-0.15, -0.1) is 0 Å². The predicted molar refractivity (Wildman–Crippen MR) is 73.6 cm³/mol. The summed E-state index contributed by atoms with van der Waals surface area (Å²) < 4.78 is 5.86. The Bertz CT molecular complexity index is 518. The maximum absolute atomic E-state index is 11.3. The number of carboxylic acids is 1. The average molecular weight is 378 g/mol. The Kier molecular flexibility index (Phi) is 5.55. The molecule has 0 aromatic heterocycles. The summed E-state index contributed by atoms with van der Waals surface area (Å²) in [5.41, 5.74) is 4.31. The van der Waals surface area contributed by atoms with Crippen molar-refractivity contribution in [1.29, 1.82) is 0 Å². The first-order chi connectivity index (χ1) is 8.90. The first-order valence-corrected chi connectivity index (χ1v) is 6.19. The third-order valence-electron chi connectivity index (χ3n) is 1.91. The van der Waals surface area contributed by atoms with E-state index in [4.69, 9.17) is 9.84 Å². The molecule has 0 heterocycles. The highest BCUT2D eigenvalue weighted by Crippen LogP contribution is 2.22. The number of hydrazine groups is 1. The van der Waals surface area contributed by atoms with Crippen LogP contribution < -0.4 is 15.6 Å². The zero-order chi connectivity index (χ0) is 14.4. The zero-order valence-corrected chi connectivity index (χ0v) is 12.1. The lowest BCUT2D eigenvalue weighted by Crippen LogP contribution is -2.42. The molecule has 1 aromatic rings. The van der Waals surface area contributed by atoms with Gasteiger partial charge in [0.2, 0.25) is 5.91 Å². The van der Waals surface area contributed by atoms with E-state index >= 15 is 0 Å². The molecular weight excluding hydrogens is 367 g/mol. The van der Waals surface area contributed by atoms with Crippen molar-refractivity contribution in [2.75, 3.05) is 6.61 Å². The Labute approximate surface area is 122 Å². The van der Waals surface area contributed by atoms with Crippen LogP contribution in [0.4, 0.5) is 0 Å². The molecule has 8 heteroatoms. The Morgan fingerprint density at radius 1 is 1.32 bits per heavy atom. The number of hydrogen-bond donors (Lipinski definition) is 3. The highest BCUT2D eigenvalue weighted by atomic mass is 127. The van der Waals surface area contributed by atoms with E-state index in [0.29, 0.717) is 9.32 Å². The highest BCUT2D eigenvalue weighted by molar-refractivity contribution is 14.1. The molecular formula is C11H11IN2O5. The lowest BCUT2D eigenvalue weighted by atomic mass is 10.2. The van der Waals surface area contributed by atoms with Crippen molar-refractivity contribution in [3.63, 3.8) is 0 Å². The summed E-state index contributed by atoms with van der Waals surface area (Å²) in [6.07, 6.45) is 0. The number of amides is 2. The molecule has 0 fully saturated rings. The summed E-state index contributed by atoms with van der Waals surface area (Å²) >= 11 is 1.96. The maximum atomic E-state index is 11.3. The molecule has 19 heavy (non-hydrogen) atoms. The lowest BCUT2D eigenvalue weighted by Gasteiger charge is -2.09. The van der Waals surface area contributed by atoms with Gasteiger partial charge in [-0.05, 0) is 40.8 Å². The first kappa shape index (κ1) is 15.2. The predicted octanol–water partition coefficient (Wildman–Crippen LogP) is 0.535. The van der Waals surface area contributed by atoms with Crippen molar-refractivity contribution in [2.45, 2.75) is 6.92 Å². The van der Waals surface area contributed by atoms with Gasteiger partial charge in [0.25, 0.3) is 5.91 Å². The van der Waals surface area contributed by atoms with E-state index in [0.717, 1.165) is 0 Å². The number of nitrogens with one attached hydrogen (secondary N) is 2. The van der Waals surface area contributed by atoms with Crippen molar-refractivity contribution in [1.82, 2.24) is 10.9 Å². The topological polar surface area (TPSA) is 105 Å². The zero-order valence-electron chi connectivity index (χ0n) is 9.90. The summed E-state index contributed by atoms with van der Waals surface area (Å²) in [4.78, 5) is 32.6. The number of ether oxygens (including phenoxy) is 1. The number of carbonyl (C=O) groups is 3. The van der Waals surface area contributed by atoms with Crippen LogP contribution in [0.3, 0.4) is 0 Å². The van der Waals surface area contributed by atoms with Crippen molar-refractivity contribution < 1.29 is 24.2 Å². The normalized spacial score (nSPS) is 9.58. The quantitative estimate of drug-likeness (QED) is 0.524. The molecule has 0 radical (unpaired) electrons. The molecule has 0 aliphatic rings. The number of rotatable bonds is 4. The highest BCUT2D eigenvalue weighted by Gasteiger charge is 2.10. The maximum Gasteiger partial charge on any atom is 0.335 e. The van der Waals surface area contributed by atoms with Gasteiger partial charge >= 0.3 is 5.97 Å². The summed E-state index contributed by atoms with van der Waals surface area (Å²) in [6, 6.07) is 4.34. The second-order valence-corrected chi connectivity index (χ2v) is 4.63. The van der Waals surface area contributed by atoms with E-state index in [1.54, 1.807) is 6.07 Å². The lowest BCUT2D eigenvalue weighted by molar-refractivity contribution is -0.129. The standard InChI is InChI=1S/C11H11IN2O5/c1-6(15)13-14-10(16)5-19-9-4-7(11(17)18)2-3-8(9)12/h2-4H,5H2,1H3,(H,13,15)(H,14,16)(H,17,18). The smallest absolute Gasteiger partial charge is 0.335 e. The summed E-state index contributed by atoms with van der Waals surface area (Å²) in [7, 11) is 0. The average Bonchev–Trinajstić information content (AvgIpc) is 2.35. The molecule has 0 bridgehead atoms. The van der Waals surface area contributed by atoms with E-state index in [-0.39, 0.29) is 12.2 Å². The van der Waals surface area contributed by atoms with Crippen LogP contribution >= 0.6 is 22.6 Å². The Morgan fingerprint density at radius 3 is 2.58 bits per heavy atom. The van der Waals surface area contributed by atoms with Crippen LogP contribution in [0.2, 0.25) is 0 Å². The van der Waals surface area contributed by atoms with Crippen molar-refractivity contribution in [2.24, 2.45) is 0 Å². The van der Waals surface area contributed by atoms with Gasteiger partial charge < -0.3 is 9.84 Å². The van der Waals surface area contributed by atoms with E-state index in [9.17, 15) is 14.4 Å². The van der Waals surface area contributed by atoms with Crippen LogP contribution in [0, 0.1) is 3.57 Å². The number of halogens is 1. The molecule has 0 spiro atoms. The molecule has 102 valence electrons. The number of carbonyl (C=O) groups excluding carboxylic acids is 2. The fourth-order valence-corrected chi connectivity index (χ4v) is 1.58. The molecule has 0 atom stereocenters. The minimum atomic E-state index is -1.08. The monoisotopic (exact) mass is 378 g/mol. The number of carboxylic acid groups (broad SMARTS) is 1. The van der Waals surface area contributed by atoms with E-state index in [1.807, 2.05) is 22.6 Å². The molecule has 3 N–H and O–H groups in total. The molecule has 0 aliphatic carbocycles. The number of hydrogen-bond acceptors (Lipinski definition) is 4. The van der Waals surface area contributed by atoms with Crippen molar-refractivity contribution >= 4 is 40.4 Å². The Balaban J connectivity index is 2.62. The molecule has 7 nitrogen and oxygen atoms in total. The number of aromatic carboxylic acids is 1. The second kappa shape index (κ2) is 6.92. The summed E-state index contributed by atoms with van der Waals surface area (Å²) in [6.45, 7) is 0.916. The summed E-state index contributed by atoms with van der Waals surface area (Å²) in [5.74, 6) is -1.75. The van der Waals surface area contributed by atoms with Gasteiger partial charge in [0.15, 0.2) is 6.61 Å². The third-order valence-corrected chi connectivity index (χ3v) is 2.81. The minimum absolute atomic E-state index is 0.0673. The van der Waals surface area contributed by atoms with Crippen LogP contribution in [-0.4, -0.2) is 29.5 Å². The van der Waals surface area contributed by atoms with Crippen molar-refractivity contribution in [3.8, 4) is 5.75 Å². The Morgan fingerprint density at radius 2 is 2.00 bits per heavy atom. The summed E-state index contributed by atoms with van der Waals surface area (Å²) in [5, 5.41) is 8.84. The van der Waals surface area contributed by atoms with Crippen LogP contribution in [-0.2, 0) is 9.59 Å². The Hall–Kier alpha value is -1.84. The SMILES string of the molecule is CC(=O)NNC(=O)COc1cc(C(=O)O)ccc1I. The van der Waals surface area contributed by atoms with Gasteiger partial charge in [-0.25, -0.2) is 4.79 Å². The minimum Gasteiger partial charge on any atom is -0.483 e. The second-order valence-electron chi connectivity index (χ2n) is 3.47. The van der Waals surface area contributed by atoms with Gasteiger partial charge in [0, 0.05) is 6.92 Å². The molecule has 0 saturated heterocycles. The van der Waals surface area contributed by atoms with Crippen LogP contribution in [0.1, 0.15) is 17.3 Å². The molecule has 1 rings (SSSR count). The molecule has 0 saturated carbocycles. The van der Waals surface area contributed by atoms with Crippen LogP contribution in [0.25, 0.3) is 0 Å². The number of benzene rings is 1. The van der Waals surface area contributed by atoms with Crippen molar-refractivity contribution in [3.05, 3.63) is 27.3 Å². The van der Waals surface area contributed by atoms with Gasteiger partial charge in [-0.3, -0.25) is 20.4 Å². The van der Waals surface area contributed by atoms with Gasteiger partial charge in [0.1, 0.15) is 5.75 Å². The van der Waals surface area contributed by atoms with Crippen LogP contribution in [0.5, 0.6) is 5.75 Å². The van der Waals surface area contributed by atoms with E-state index in [2.05, 4.69) is 10.9 Å². The first-order valence-electron chi connectivity index (χ1n) is 5.11.